The Balaban J connectivity index is 1.21. The molecule has 3 aliphatic rings. The van der Waals surface area contributed by atoms with Crippen LogP contribution in [-0.2, 0) is 9.84 Å². The van der Waals surface area contributed by atoms with Gasteiger partial charge in [-0.15, -0.1) is 0 Å². The Morgan fingerprint density at radius 2 is 1.73 bits per heavy atom. The SMILES string of the molecule is CC(C)n1c(=O)c(C(=O)NC2CC3CCC(C2)N3C[C@H](O)CN2CCS(=O)(=O)CC2)cc2ccccc21. The van der Waals surface area contributed by atoms with E-state index >= 15 is 0 Å². The molecule has 0 spiro atoms. The molecule has 3 saturated heterocycles. The molecular formula is C27H38N4O5S. The lowest BCUT2D eigenvalue weighted by Gasteiger charge is -2.40. The van der Waals surface area contributed by atoms with Crippen molar-refractivity contribution in [2.24, 2.45) is 0 Å². The van der Waals surface area contributed by atoms with Gasteiger partial charge in [0.15, 0.2) is 9.84 Å². The maximum Gasteiger partial charge on any atom is 0.264 e. The van der Waals surface area contributed by atoms with Gasteiger partial charge in [-0.3, -0.25) is 19.4 Å². The van der Waals surface area contributed by atoms with Crippen LogP contribution in [0.25, 0.3) is 10.9 Å². The third kappa shape index (κ3) is 5.62. The van der Waals surface area contributed by atoms with Crippen molar-refractivity contribution in [1.82, 2.24) is 19.7 Å². The average molecular weight is 531 g/mol. The number of aliphatic hydroxyl groups is 1. The first-order chi connectivity index (χ1) is 17.6. The number of sulfone groups is 1. The zero-order valence-electron chi connectivity index (χ0n) is 21.7. The third-order valence-electron chi connectivity index (χ3n) is 8.25. The highest BCUT2D eigenvalue weighted by Crippen LogP contribution is 2.36. The summed E-state index contributed by atoms with van der Waals surface area (Å²) in [6, 6.07) is 9.84. The molecule has 4 heterocycles. The van der Waals surface area contributed by atoms with Crippen LogP contribution in [0.2, 0.25) is 0 Å². The molecule has 3 fully saturated rings. The van der Waals surface area contributed by atoms with Gasteiger partial charge in [-0.05, 0) is 57.0 Å². The molecule has 3 atom stereocenters. The van der Waals surface area contributed by atoms with E-state index in [0.717, 1.165) is 36.6 Å². The van der Waals surface area contributed by atoms with E-state index in [4.69, 9.17) is 0 Å². The molecule has 202 valence electrons. The number of hydrogen-bond acceptors (Lipinski definition) is 7. The maximum absolute atomic E-state index is 13.3. The van der Waals surface area contributed by atoms with Crippen molar-refractivity contribution in [3.63, 3.8) is 0 Å². The minimum atomic E-state index is -2.93. The highest BCUT2D eigenvalue weighted by molar-refractivity contribution is 7.91. The van der Waals surface area contributed by atoms with E-state index in [9.17, 15) is 23.1 Å². The Hall–Kier alpha value is -2.27. The van der Waals surface area contributed by atoms with Gasteiger partial charge < -0.3 is 15.0 Å². The molecule has 1 amide bonds. The van der Waals surface area contributed by atoms with E-state index < -0.39 is 15.9 Å². The van der Waals surface area contributed by atoms with E-state index in [1.807, 2.05) is 43.0 Å². The minimum absolute atomic E-state index is 0.0101. The lowest BCUT2D eigenvalue weighted by Crippen LogP contribution is -2.54. The number of nitrogens with zero attached hydrogens (tertiary/aromatic N) is 3. The number of amides is 1. The summed E-state index contributed by atoms with van der Waals surface area (Å²) < 4.78 is 25.0. The predicted octanol–water partition coefficient (Wildman–Crippen LogP) is 1.40. The lowest BCUT2D eigenvalue weighted by atomic mass is 9.96. The third-order valence-corrected chi connectivity index (χ3v) is 9.86. The Morgan fingerprint density at radius 3 is 2.38 bits per heavy atom. The first kappa shape index (κ1) is 26.3. The first-order valence-electron chi connectivity index (χ1n) is 13.4. The van der Waals surface area contributed by atoms with Crippen molar-refractivity contribution in [3.8, 4) is 0 Å². The normalized spacial score (nSPS) is 27.0. The quantitative estimate of drug-likeness (QED) is 0.557. The summed E-state index contributed by atoms with van der Waals surface area (Å²) in [5.41, 5.74) is 0.747. The molecule has 37 heavy (non-hydrogen) atoms. The number of aliphatic hydroxyl groups excluding tert-OH is 1. The van der Waals surface area contributed by atoms with Crippen LogP contribution in [0.1, 0.15) is 55.9 Å². The van der Waals surface area contributed by atoms with E-state index in [2.05, 4.69) is 10.2 Å². The number of carbonyl (C=O) groups excluding carboxylic acids is 1. The van der Waals surface area contributed by atoms with Crippen LogP contribution in [0.15, 0.2) is 35.1 Å². The largest absolute Gasteiger partial charge is 0.390 e. The second-order valence-corrected chi connectivity index (χ2v) is 13.5. The van der Waals surface area contributed by atoms with Crippen LogP contribution in [-0.4, -0.2) is 95.7 Å². The zero-order chi connectivity index (χ0) is 26.3. The van der Waals surface area contributed by atoms with Crippen molar-refractivity contribution in [3.05, 3.63) is 46.2 Å². The number of aromatic nitrogens is 1. The van der Waals surface area contributed by atoms with Gasteiger partial charge in [-0.1, -0.05) is 18.2 Å². The molecule has 2 unspecified atom stereocenters. The molecule has 2 bridgehead atoms. The number of β-amino-alcohol motifs (C(OH)–C–C–N with tert-alkyl or cyclic N) is 1. The van der Waals surface area contributed by atoms with Gasteiger partial charge in [0.25, 0.3) is 11.5 Å². The molecule has 2 N–H and O–H groups in total. The fraction of sp³-hybridized carbons (Fsp3) is 0.630. The van der Waals surface area contributed by atoms with Crippen molar-refractivity contribution in [2.45, 2.75) is 69.8 Å². The van der Waals surface area contributed by atoms with Crippen molar-refractivity contribution in [1.29, 1.82) is 0 Å². The van der Waals surface area contributed by atoms with Crippen LogP contribution >= 0.6 is 0 Å². The fourth-order valence-electron chi connectivity index (χ4n) is 6.45. The zero-order valence-corrected chi connectivity index (χ0v) is 22.5. The smallest absolute Gasteiger partial charge is 0.264 e. The van der Waals surface area contributed by atoms with Crippen LogP contribution in [0.4, 0.5) is 0 Å². The van der Waals surface area contributed by atoms with E-state index in [1.165, 1.54) is 0 Å². The summed E-state index contributed by atoms with van der Waals surface area (Å²) in [6.07, 6.45) is 3.11. The monoisotopic (exact) mass is 530 g/mol. The molecule has 0 saturated carbocycles. The number of piperidine rings is 1. The van der Waals surface area contributed by atoms with E-state index in [-0.39, 0.29) is 52.7 Å². The minimum Gasteiger partial charge on any atom is -0.390 e. The van der Waals surface area contributed by atoms with Gasteiger partial charge in [0.05, 0.1) is 23.1 Å². The molecule has 9 nitrogen and oxygen atoms in total. The van der Waals surface area contributed by atoms with Gasteiger partial charge in [0.2, 0.25) is 0 Å². The highest BCUT2D eigenvalue weighted by Gasteiger charge is 2.42. The van der Waals surface area contributed by atoms with Gasteiger partial charge in [-0.2, -0.15) is 0 Å². The molecule has 3 aliphatic heterocycles. The van der Waals surface area contributed by atoms with Crippen molar-refractivity contribution >= 4 is 26.6 Å². The van der Waals surface area contributed by atoms with Crippen LogP contribution in [0.3, 0.4) is 0 Å². The van der Waals surface area contributed by atoms with Crippen molar-refractivity contribution in [2.75, 3.05) is 37.7 Å². The highest BCUT2D eigenvalue weighted by atomic mass is 32.2. The summed E-state index contributed by atoms with van der Waals surface area (Å²) in [7, 11) is -2.93. The molecule has 1 aromatic carbocycles. The van der Waals surface area contributed by atoms with Gasteiger partial charge >= 0.3 is 0 Å². The number of rotatable bonds is 7. The lowest BCUT2D eigenvalue weighted by molar-refractivity contribution is 0.0342. The maximum atomic E-state index is 13.3. The Morgan fingerprint density at radius 1 is 1.08 bits per heavy atom. The van der Waals surface area contributed by atoms with E-state index in [0.29, 0.717) is 26.2 Å². The van der Waals surface area contributed by atoms with Crippen LogP contribution in [0.5, 0.6) is 0 Å². The summed E-state index contributed by atoms with van der Waals surface area (Å²) in [6.45, 7) is 5.90. The molecular weight excluding hydrogens is 492 g/mol. The fourth-order valence-corrected chi connectivity index (χ4v) is 7.72. The van der Waals surface area contributed by atoms with E-state index in [1.54, 1.807) is 10.6 Å². The average Bonchev–Trinajstić information content (AvgIpc) is 3.06. The molecule has 5 rings (SSSR count). The number of carbonyl (C=O) groups is 1. The number of nitrogens with one attached hydrogen (secondary N) is 1. The second kappa shape index (κ2) is 10.5. The standard InChI is InChI=1S/C27H38N4O5S/c1-18(2)31-25-6-4-3-5-19(25)13-24(27(31)34)26(33)28-20-14-21-7-8-22(15-20)30(21)17-23(32)16-29-9-11-37(35,36)12-10-29/h3-6,13,18,20-23,32H,7-12,14-17H2,1-2H3,(H,28,33)/t20?,21?,22?,23-/m1/s1. The number of hydrogen-bond donors (Lipinski definition) is 2. The summed E-state index contributed by atoms with van der Waals surface area (Å²) in [5, 5.41) is 14.8. The Bertz CT molecular complexity index is 1300. The second-order valence-electron chi connectivity index (χ2n) is 11.2. The number of fused-ring (bicyclic) bond motifs is 3. The van der Waals surface area contributed by atoms with Gasteiger partial charge in [0.1, 0.15) is 5.56 Å². The molecule has 0 radical (unpaired) electrons. The summed E-state index contributed by atoms with van der Waals surface area (Å²) in [4.78, 5) is 30.9. The molecule has 1 aromatic heterocycles. The molecule has 10 heteroatoms. The molecule has 2 aromatic rings. The van der Waals surface area contributed by atoms with Gasteiger partial charge in [0, 0.05) is 50.3 Å². The number of pyridine rings is 1. The van der Waals surface area contributed by atoms with Gasteiger partial charge in [-0.25, -0.2) is 8.42 Å². The Labute approximate surface area is 218 Å². The Kier molecular flexibility index (Phi) is 7.46. The van der Waals surface area contributed by atoms with Crippen molar-refractivity contribution < 1.29 is 18.3 Å². The number of para-hydroxylation sites is 1. The summed E-state index contributed by atoms with van der Waals surface area (Å²) >= 11 is 0. The predicted molar refractivity (Wildman–Crippen MR) is 144 cm³/mol. The topological polar surface area (TPSA) is 112 Å². The van der Waals surface area contributed by atoms with Crippen LogP contribution in [0, 0.1) is 0 Å². The van der Waals surface area contributed by atoms with Crippen LogP contribution < -0.4 is 10.9 Å². The molecule has 0 aliphatic carbocycles. The summed E-state index contributed by atoms with van der Waals surface area (Å²) in [5.74, 6) is 0.00785. The number of benzene rings is 1. The first-order valence-corrected chi connectivity index (χ1v) is 15.2.